The van der Waals surface area contributed by atoms with E-state index in [-0.39, 0.29) is 18.6 Å². The molecule has 4 rings (SSSR count). The Morgan fingerprint density at radius 2 is 1.85 bits per heavy atom. The van der Waals surface area contributed by atoms with Crippen LogP contribution in [0.3, 0.4) is 0 Å². The Bertz CT molecular complexity index is 944. The summed E-state index contributed by atoms with van der Waals surface area (Å²) in [5.41, 5.74) is 2.50. The normalized spacial score (nSPS) is 17.3. The van der Waals surface area contributed by atoms with E-state index in [4.69, 9.17) is 9.47 Å². The molecule has 2 aliphatic rings. The number of hydrogen-bond donors (Lipinski definition) is 1. The lowest BCUT2D eigenvalue weighted by Gasteiger charge is -2.42. The third-order valence-corrected chi connectivity index (χ3v) is 6.37. The standard InChI is InChI=1S/C25H32N4O4/c1-20-7-5-8-21(27-20)9-6-16-32-17-18-33-24(31)28-14-12-25(13-15-28)23(30)26-19-29(25)22-10-3-2-4-11-22/h2-5,7-8,10-11H,6,9,12-19H2,1H3,(H,26,30). The molecular weight excluding hydrogens is 420 g/mol. The first-order chi connectivity index (χ1) is 16.1. The Morgan fingerprint density at radius 1 is 1.06 bits per heavy atom. The number of aromatic nitrogens is 1. The number of piperidine rings is 1. The van der Waals surface area contributed by atoms with Crippen LogP contribution >= 0.6 is 0 Å². The molecule has 8 heteroatoms. The number of nitrogens with one attached hydrogen (secondary N) is 1. The Morgan fingerprint density at radius 3 is 2.61 bits per heavy atom. The van der Waals surface area contributed by atoms with Crippen molar-refractivity contribution in [2.75, 3.05) is 44.5 Å². The summed E-state index contributed by atoms with van der Waals surface area (Å²) in [4.78, 5) is 33.5. The van der Waals surface area contributed by atoms with Gasteiger partial charge in [0.15, 0.2) is 0 Å². The van der Waals surface area contributed by atoms with Gasteiger partial charge in [0.05, 0.1) is 13.3 Å². The van der Waals surface area contributed by atoms with Crippen molar-refractivity contribution in [1.82, 2.24) is 15.2 Å². The molecule has 0 radical (unpaired) electrons. The van der Waals surface area contributed by atoms with Gasteiger partial charge in [-0.2, -0.15) is 0 Å². The minimum absolute atomic E-state index is 0.0358. The van der Waals surface area contributed by atoms with Gasteiger partial charge in [0.2, 0.25) is 5.91 Å². The summed E-state index contributed by atoms with van der Waals surface area (Å²) in [6.07, 6.45) is 2.55. The first-order valence-electron chi connectivity index (χ1n) is 11.6. The number of anilines is 1. The molecule has 3 heterocycles. The molecule has 0 atom stereocenters. The van der Waals surface area contributed by atoms with Crippen molar-refractivity contribution >= 4 is 17.7 Å². The van der Waals surface area contributed by atoms with Crippen molar-refractivity contribution in [3.05, 3.63) is 59.9 Å². The fourth-order valence-electron chi connectivity index (χ4n) is 4.57. The monoisotopic (exact) mass is 452 g/mol. The van der Waals surface area contributed by atoms with Gasteiger partial charge in [-0.25, -0.2) is 4.79 Å². The van der Waals surface area contributed by atoms with Gasteiger partial charge in [0, 0.05) is 36.8 Å². The first-order valence-corrected chi connectivity index (χ1v) is 11.6. The van der Waals surface area contributed by atoms with Crippen LogP contribution in [0.5, 0.6) is 0 Å². The van der Waals surface area contributed by atoms with Crippen LogP contribution in [-0.4, -0.2) is 67.0 Å². The maximum atomic E-state index is 12.7. The van der Waals surface area contributed by atoms with Crippen molar-refractivity contribution in [3.8, 4) is 0 Å². The number of nitrogens with zero attached hydrogens (tertiary/aromatic N) is 3. The molecule has 1 aromatic heterocycles. The number of rotatable bonds is 8. The van der Waals surface area contributed by atoms with Gasteiger partial charge in [-0.3, -0.25) is 9.78 Å². The maximum Gasteiger partial charge on any atom is 0.409 e. The zero-order chi connectivity index (χ0) is 23.1. The van der Waals surface area contributed by atoms with E-state index >= 15 is 0 Å². The molecule has 176 valence electrons. The number of benzene rings is 1. The minimum atomic E-state index is -0.604. The van der Waals surface area contributed by atoms with Crippen LogP contribution in [0.25, 0.3) is 0 Å². The second-order valence-corrected chi connectivity index (χ2v) is 8.55. The van der Waals surface area contributed by atoms with Crippen LogP contribution in [0.4, 0.5) is 10.5 Å². The summed E-state index contributed by atoms with van der Waals surface area (Å²) in [5, 5.41) is 2.98. The van der Waals surface area contributed by atoms with Gasteiger partial charge >= 0.3 is 6.09 Å². The number of aryl methyl sites for hydroxylation is 2. The molecule has 1 aromatic carbocycles. The summed E-state index contributed by atoms with van der Waals surface area (Å²) in [7, 11) is 0. The highest BCUT2D eigenvalue weighted by Crippen LogP contribution is 2.36. The fourth-order valence-corrected chi connectivity index (χ4v) is 4.57. The topological polar surface area (TPSA) is 84.0 Å². The number of carbonyl (C=O) groups excluding carboxylic acids is 2. The van der Waals surface area contributed by atoms with E-state index in [0.29, 0.717) is 45.8 Å². The van der Waals surface area contributed by atoms with Crippen molar-refractivity contribution in [1.29, 1.82) is 0 Å². The number of ether oxygens (including phenoxy) is 2. The fraction of sp³-hybridized carbons (Fsp3) is 0.480. The lowest BCUT2D eigenvalue weighted by molar-refractivity contribution is -0.125. The van der Waals surface area contributed by atoms with Crippen LogP contribution in [0, 0.1) is 6.92 Å². The van der Waals surface area contributed by atoms with Crippen molar-refractivity contribution < 1.29 is 19.1 Å². The minimum Gasteiger partial charge on any atom is -0.447 e. The number of hydrogen-bond acceptors (Lipinski definition) is 6. The summed E-state index contributed by atoms with van der Waals surface area (Å²) in [6, 6.07) is 16.0. The Balaban J connectivity index is 1.16. The molecule has 1 spiro atoms. The first kappa shape index (κ1) is 23.0. The third kappa shape index (κ3) is 5.45. The van der Waals surface area contributed by atoms with E-state index in [1.165, 1.54) is 0 Å². The average molecular weight is 453 g/mol. The Hall–Kier alpha value is -3.13. The lowest BCUT2D eigenvalue weighted by atomic mass is 9.86. The zero-order valence-electron chi connectivity index (χ0n) is 19.2. The lowest BCUT2D eigenvalue weighted by Crippen LogP contribution is -2.57. The Kier molecular flexibility index (Phi) is 7.44. The van der Waals surface area contributed by atoms with E-state index in [1.54, 1.807) is 4.90 Å². The van der Waals surface area contributed by atoms with Gasteiger partial charge < -0.3 is 24.6 Å². The molecule has 1 N–H and O–H groups in total. The second-order valence-electron chi connectivity index (χ2n) is 8.55. The largest absolute Gasteiger partial charge is 0.447 e. The van der Waals surface area contributed by atoms with Crippen LogP contribution in [0.1, 0.15) is 30.7 Å². The molecule has 0 bridgehead atoms. The van der Waals surface area contributed by atoms with Crippen LogP contribution in [-0.2, 0) is 20.7 Å². The van der Waals surface area contributed by atoms with Crippen LogP contribution in [0.2, 0.25) is 0 Å². The van der Waals surface area contributed by atoms with Gasteiger partial charge in [-0.05, 0) is 56.9 Å². The van der Waals surface area contributed by atoms with Crippen molar-refractivity contribution in [2.45, 2.75) is 38.1 Å². The maximum absolute atomic E-state index is 12.7. The summed E-state index contributed by atoms with van der Waals surface area (Å²) < 4.78 is 11.0. The highest BCUT2D eigenvalue weighted by atomic mass is 16.6. The number of likely N-dealkylation sites (tertiary alicyclic amines) is 1. The molecule has 8 nitrogen and oxygen atoms in total. The second kappa shape index (κ2) is 10.7. The average Bonchev–Trinajstić information content (AvgIpc) is 3.14. The molecule has 2 aliphatic heterocycles. The predicted molar refractivity (Wildman–Crippen MR) is 125 cm³/mol. The molecule has 33 heavy (non-hydrogen) atoms. The van der Waals surface area contributed by atoms with E-state index in [2.05, 4.69) is 15.2 Å². The van der Waals surface area contributed by atoms with Crippen LogP contribution in [0.15, 0.2) is 48.5 Å². The quantitative estimate of drug-likeness (QED) is 0.620. The Labute approximate surface area is 194 Å². The summed E-state index contributed by atoms with van der Waals surface area (Å²) in [5.74, 6) is 0.0358. The summed E-state index contributed by atoms with van der Waals surface area (Å²) in [6.45, 7) is 4.64. The molecule has 2 aromatic rings. The van der Waals surface area contributed by atoms with E-state index in [0.717, 1.165) is 29.9 Å². The number of carbonyl (C=O) groups is 2. The molecule has 0 saturated carbocycles. The molecular formula is C25H32N4O4. The number of para-hydroxylation sites is 1. The molecule has 2 fully saturated rings. The number of amides is 2. The van der Waals surface area contributed by atoms with Crippen LogP contribution < -0.4 is 10.2 Å². The third-order valence-electron chi connectivity index (χ3n) is 6.37. The molecule has 0 unspecified atom stereocenters. The van der Waals surface area contributed by atoms with E-state index < -0.39 is 5.54 Å². The predicted octanol–water partition coefficient (Wildman–Crippen LogP) is 2.90. The summed E-state index contributed by atoms with van der Waals surface area (Å²) >= 11 is 0. The van der Waals surface area contributed by atoms with Gasteiger partial charge in [-0.15, -0.1) is 0 Å². The van der Waals surface area contributed by atoms with Gasteiger partial charge in [0.1, 0.15) is 12.1 Å². The van der Waals surface area contributed by atoms with Crippen molar-refractivity contribution in [2.24, 2.45) is 0 Å². The highest BCUT2D eigenvalue weighted by molar-refractivity contribution is 5.93. The van der Waals surface area contributed by atoms with Gasteiger partial charge in [0.25, 0.3) is 0 Å². The zero-order valence-corrected chi connectivity index (χ0v) is 19.2. The molecule has 0 aliphatic carbocycles. The van der Waals surface area contributed by atoms with E-state index in [1.807, 2.05) is 55.5 Å². The molecule has 2 amide bonds. The highest BCUT2D eigenvalue weighted by Gasteiger charge is 2.50. The number of pyridine rings is 1. The smallest absolute Gasteiger partial charge is 0.409 e. The van der Waals surface area contributed by atoms with Crippen molar-refractivity contribution in [3.63, 3.8) is 0 Å². The van der Waals surface area contributed by atoms with E-state index in [9.17, 15) is 9.59 Å². The molecule has 2 saturated heterocycles. The SMILES string of the molecule is Cc1cccc(CCCOCCOC(=O)N2CCC3(CC2)C(=O)NCN3c2ccccc2)n1. The van der Waals surface area contributed by atoms with Gasteiger partial charge in [-0.1, -0.05) is 24.3 Å².